The quantitative estimate of drug-likeness (QED) is 0.656. The minimum Gasteiger partial charge on any atom is -0.342 e. The molecule has 0 aliphatic heterocycles. The highest BCUT2D eigenvalue weighted by Gasteiger charge is 2.30. The number of carbonyl (C=O) groups is 1. The first-order valence-corrected chi connectivity index (χ1v) is 5.71. The van der Waals surface area contributed by atoms with Gasteiger partial charge in [0.2, 0.25) is 5.91 Å². The zero-order valence-corrected chi connectivity index (χ0v) is 8.86. The van der Waals surface area contributed by atoms with Crippen molar-refractivity contribution in [3.8, 4) is 0 Å². The summed E-state index contributed by atoms with van der Waals surface area (Å²) < 4.78 is 0. The first kappa shape index (κ1) is 9.90. The van der Waals surface area contributed by atoms with Crippen LogP contribution in [0.15, 0.2) is 0 Å². The molecule has 0 radical (unpaired) electrons. The largest absolute Gasteiger partial charge is 0.342 e. The van der Waals surface area contributed by atoms with Gasteiger partial charge in [-0.05, 0) is 19.1 Å². The SMILES string of the molecule is CSC1CCCC1N(C)C(C)=O. The molecule has 0 bridgehead atoms. The maximum Gasteiger partial charge on any atom is 0.219 e. The molecule has 1 saturated carbocycles. The van der Waals surface area contributed by atoms with Crippen molar-refractivity contribution in [3.63, 3.8) is 0 Å². The molecule has 0 N–H and O–H groups in total. The van der Waals surface area contributed by atoms with Crippen molar-refractivity contribution in [1.82, 2.24) is 4.90 Å². The van der Waals surface area contributed by atoms with Crippen LogP contribution < -0.4 is 0 Å². The van der Waals surface area contributed by atoms with Gasteiger partial charge >= 0.3 is 0 Å². The number of amides is 1. The van der Waals surface area contributed by atoms with E-state index >= 15 is 0 Å². The lowest BCUT2D eigenvalue weighted by Gasteiger charge is -2.27. The van der Waals surface area contributed by atoms with Crippen LogP contribution in [0.25, 0.3) is 0 Å². The molecule has 2 nitrogen and oxygen atoms in total. The summed E-state index contributed by atoms with van der Waals surface area (Å²) >= 11 is 1.89. The highest BCUT2D eigenvalue weighted by atomic mass is 32.2. The van der Waals surface area contributed by atoms with E-state index in [0.29, 0.717) is 11.3 Å². The fourth-order valence-corrected chi connectivity index (χ4v) is 2.89. The third-order valence-electron chi connectivity index (χ3n) is 2.71. The van der Waals surface area contributed by atoms with E-state index in [9.17, 15) is 4.79 Å². The third-order valence-corrected chi connectivity index (χ3v) is 3.87. The monoisotopic (exact) mass is 187 g/mol. The summed E-state index contributed by atoms with van der Waals surface area (Å²) in [5.41, 5.74) is 0. The van der Waals surface area contributed by atoms with Crippen molar-refractivity contribution in [2.24, 2.45) is 0 Å². The van der Waals surface area contributed by atoms with Gasteiger partial charge in [0.1, 0.15) is 0 Å². The molecule has 0 aromatic rings. The topological polar surface area (TPSA) is 20.3 Å². The molecule has 1 fully saturated rings. The standard InChI is InChI=1S/C9H17NOS/c1-7(11)10(2)8-5-4-6-9(8)12-3/h8-9H,4-6H2,1-3H3. The van der Waals surface area contributed by atoms with E-state index < -0.39 is 0 Å². The van der Waals surface area contributed by atoms with E-state index in [1.54, 1.807) is 6.92 Å². The van der Waals surface area contributed by atoms with Crippen LogP contribution in [0.5, 0.6) is 0 Å². The molecule has 0 aromatic carbocycles. The second-order valence-electron chi connectivity index (χ2n) is 3.40. The summed E-state index contributed by atoms with van der Waals surface area (Å²) in [5.74, 6) is 0.195. The van der Waals surface area contributed by atoms with Gasteiger partial charge in [0, 0.05) is 25.3 Å². The Hall–Kier alpha value is -0.180. The average molecular weight is 187 g/mol. The molecule has 0 saturated heterocycles. The summed E-state index contributed by atoms with van der Waals surface area (Å²) in [6.07, 6.45) is 5.86. The zero-order valence-electron chi connectivity index (χ0n) is 8.04. The summed E-state index contributed by atoms with van der Waals surface area (Å²) in [5, 5.41) is 0.666. The Bertz CT molecular complexity index is 172. The van der Waals surface area contributed by atoms with Gasteiger partial charge in [0.25, 0.3) is 0 Å². The van der Waals surface area contributed by atoms with Gasteiger partial charge in [-0.3, -0.25) is 4.79 Å². The Labute approximate surface area is 78.7 Å². The van der Waals surface area contributed by atoms with Gasteiger partial charge in [-0.25, -0.2) is 0 Å². The molecule has 2 unspecified atom stereocenters. The molecule has 0 heterocycles. The fourth-order valence-electron chi connectivity index (χ4n) is 1.86. The third kappa shape index (κ3) is 1.94. The Morgan fingerprint density at radius 3 is 2.67 bits per heavy atom. The van der Waals surface area contributed by atoms with Crippen molar-refractivity contribution in [1.29, 1.82) is 0 Å². The van der Waals surface area contributed by atoms with Crippen LogP contribution in [0.1, 0.15) is 26.2 Å². The van der Waals surface area contributed by atoms with Crippen molar-refractivity contribution >= 4 is 17.7 Å². The number of carbonyl (C=O) groups excluding carboxylic acids is 1. The van der Waals surface area contributed by atoms with Gasteiger partial charge in [-0.2, -0.15) is 11.8 Å². The Morgan fingerprint density at radius 1 is 1.50 bits per heavy atom. The predicted molar refractivity (Wildman–Crippen MR) is 53.4 cm³/mol. The lowest BCUT2D eigenvalue weighted by atomic mass is 10.2. The molecule has 1 aliphatic rings. The minimum atomic E-state index is 0.195. The van der Waals surface area contributed by atoms with E-state index in [0.717, 1.165) is 0 Å². The minimum absolute atomic E-state index is 0.195. The van der Waals surface area contributed by atoms with Gasteiger partial charge in [0.05, 0.1) is 0 Å². The van der Waals surface area contributed by atoms with Gasteiger partial charge in [-0.15, -0.1) is 0 Å². The molecule has 0 aromatic heterocycles. The molecule has 12 heavy (non-hydrogen) atoms. The molecule has 1 amide bonds. The van der Waals surface area contributed by atoms with E-state index in [1.807, 2.05) is 23.7 Å². The van der Waals surface area contributed by atoms with Crippen LogP contribution in [-0.2, 0) is 4.79 Å². The highest BCUT2D eigenvalue weighted by Crippen LogP contribution is 2.31. The number of thioether (sulfide) groups is 1. The smallest absolute Gasteiger partial charge is 0.219 e. The van der Waals surface area contributed by atoms with Gasteiger partial charge in [0.15, 0.2) is 0 Å². The first-order valence-electron chi connectivity index (χ1n) is 4.43. The molecular weight excluding hydrogens is 170 g/mol. The summed E-state index contributed by atoms with van der Waals surface area (Å²) in [7, 11) is 1.92. The van der Waals surface area contributed by atoms with Crippen molar-refractivity contribution in [2.75, 3.05) is 13.3 Å². The summed E-state index contributed by atoms with van der Waals surface area (Å²) in [6.45, 7) is 1.65. The van der Waals surface area contributed by atoms with Gasteiger partial charge < -0.3 is 4.90 Å². The number of nitrogens with zero attached hydrogens (tertiary/aromatic N) is 1. The normalized spacial score (nSPS) is 28.9. The lowest BCUT2D eigenvalue weighted by Crippen LogP contribution is -2.39. The summed E-state index contributed by atoms with van der Waals surface area (Å²) in [4.78, 5) is 13.0. The molecule has 2 atom stereocenters. The molecule has 1 rings (SSSR count). The van der Waals surface area contributed by atoms with Crippen LogP contribution in [-0.4, -0.2) is 35.4 Å². The first-order chi connectivity index (χ1) is 5.66. The van der Waals surface area contributed by atoms with Crippen LogP contribution in [0.4, 0.5) is 0 Å². The number of rotatable bonds is 2. The second kappa shape index (κ2) is 4.17. The Kier molecular flexibility index (Phi) is 3.44. The zero-order chi connectivity index (χ0) is 9.14. The van der Waals surface area contributed by atoms with Crippen molar-refractivity contribution in [3.05, 3.63) is 0 Å². The maximum atomic E-state index is 11.1. The average Bonchev–Trinajstić information content (AvgIpc) is 2.49. The molecule has 1 aliphatic carbocycles. The summed E-state index contributed by atoms with van der Waals surface area (Å²) in [6, 6.07) is 0.484. The number of hydrogen-bond donors (Lipinski definition) is 0. The number of hydrogen-bond acceptors (Lipinski definition) is 2. The van der Waals surface area contributed by atoms with Crippen LogP contribution >= 0.6 is 11.8 Å². The highest BCUT2D eigenvalue weighted by molar-refractivity contribution is 7.99. The molecule has 70 valence electrons. The Morgan fingerprint density at radius 2 is 2.17 bits per heavy atom. The van der Waals surface area contributed by atoms with Crippen LogP contribution in [0, 0.1) is 0 Å². The van der Waals surface area contributed by atoms with Gasteiger partial charge in [-0.1, -0.05) is 6.42 Å². The predicted octanol–water partition coefficient (Wildman–Crippen LogP) is 1.75. The molecule has 0 spiro atoms. The maximum absolute atomic E-state index is 11.1. The van der Waals surface area contributed by atoms with Crippen molar-refractivity contribution < 1.29 is 4.79 Å². The van der Waals surface area contributed by atoms with E-state index in [-0.39, 0.29) is 5.91 Å². The molecule has 3 heteroatoms. The fraction of sp³-hybridized carbons (Fsp3) is 0.889. The molecular formula is C9H17NOS. The van der Waals surface area contributed by atoms with Crippen LogP contribution in [0.3, 0.4) is 0 Å². The van der Waals surface area contributed by atoms with Crippen LogP contribution in [0.2, 0.25) is 0 Å². The van der Waals surface area contributed by atoms with Crippen molar-refractivity contribution in [2.45, 2.75) is 37.5 Å². The van der Waals surface area contributed by atoms with E-state index in [1.165, 1.54) is 19.3 Å². The van der Waals surface area contributed by atoms with E-state index in [4.69, 9.17) is 0 Å². The second-order valence-corrected chi connectivity index (χ2v) is 4.48. The van der Waals surface area contributed by atoms with E-state index in [2.05, 4.69) is 6.26 Å². The lowest BCUT2D eigenvalue weighted by molar-refractivity contribution is -0.129. The Balaban J connectivity index is 2.55.